The fourth-order valence-electron chi connectivity index (χ4n) is 3.00. The van der Waals surface area contributed by atoms with Gasteiger partial charge in [0.1, 0.15) is 17.3 Å². The molecular weight excluding hydrogens is 338 g/mol. The number of carbonyl (C=O) groups is 1. The Balaban J connectivity index is 1.99. The SMILES string of the molecule is CC(C)(C)n1cc(C(=O)N[C@H]2CCCNC2)c(-c2ccc(F)cc2F)n1. The zero-order chi connectivity index (χ0) is 18.9. The van der Waals surface area contributed by atoms with Gasteiger partial charge in [-0.2, -0.15) is 5.10 Å². The quantitative estimate of drug-likeness (QED) is 0.882. The van der Waals surface area contributed by atoms with E-state index in [1.807, 2.05) is 20.8 Å². The molecule has 2 heterocycles. The van der Waals surface area contributed by atoms with E-state index in [1.54, 1.807) is 10.9 Å². The molecule has 1 amide bonds. The maximum atomic E-state index is 14.3. The van der Waals surface area contributed by atoms with Crippen LogP contribution in [0.2, 0.25) is 0 Å². The molecule has 2 N–H and O–H groups in total. The zero-order valence-electron chi connectivity index (χ0n) is 15.3. The fraction of sp³-hybridized carbons (Fsp3) is 0.474. The number of aromatic nitrogens is 2. The fourth-order valence-corrected chi connectivity index (χ4v) is 3.00. The summed E-state index contributed by atoms with van der Waals surface area (Å²) in [7, 11) is 0. The number of piperidine rings is 1. The van der Waals surface area contributed by atoms with Gasteiger partial charge >= 0.3 is 0 Å². The Kier molecular flexibility index (Phi) is 5.09. The van der Waals surface area contributed by atoms with Crippen LogP contribution in [0, 0.1) is 11.6 Å². The van der Waals surface area contributed by atoms with Crippen LogP contribution in [0.1, 0.15) is 44.0 Å². The van der Waals surface area contributed by atoms with Gasteiger partial charge in [0.05, 0.1) is 11.1 Å². The maximum Gasteiger partial charge on any atom is 0.255 e. The third kappa shape index (κ3) is 3.93. The van der Waals surface area contributed by atoms with E-state index in [1.165, 1.54) is 12.1 Å². The Morgan fingerprint density at radius 3 is 2.73 bits per heavy atom. The van der Waals surface area contributed by atoms with E-state index in [0.717, 1.165) is 25.5 Å². The standard InChI is InChI=1S/C19H24F2N4O/c1-19(2,3)25-11-15(18(26)23-13-5-4-8-22-10-13)17(24-25)14-7-6-12(20)9-16(14)21/h6-7,9,11,13,22H,4-5,8,10H2,1-3H3,(H,23,26)/t13-/m0/s1. The molecule has 0 unspecified atom stereocenters. The van der Waals surface area contributed by atoms with Crippen LogP contribution in [-0.2, 0) is 5.54 Å². The molecule has 26 heavy (non-hydrogen) atoms. The molecule has 2 aromatic rings. The highest BCUT2D eigenvalue weighted by Gasteiger charge is 2.26. The summed E-state index contributed by atoms with van der Waals surface area (Å²) < 4.78 is 29.2. The van der Waals surface area contributed by atoms with Crippen molar-refractivity contribution in [3.05, 3.63) is 41.6 Å². The number of nitrogens with one attached hydrogen (secondary N) is 2. The predicted octanol–water partition coefficient (Wildman–Crippen LogP) is 3.07. The highest BCUT2D eigenvalue weighted by Crippen LogP contribution is 2.28. The van der Waals surface area contributed by atoms with E-state index in [-0.39, 0.29) is 34.3 Å². The lowest BCUT2D eigenvalue weighted by molar-refractivity contribution is 0.0931. The number of benzene rings is 1. The topological polar surface area (TPSA) is 59.0 Å². The predicted molar refractivity (Wildman–Crippen MR) is 95.9 cm³/mol. The lowest BCUT2D eigenvalue weighted by Gasteiger charge is -2.23. The highest BCUT2D eigenvalue weighted by atomic mass is 19.1. The second kappa shape index (κ2) is 7.15. The van der Waals surface area contributed by atoms with Crippen molar-refractivity contribution in [1.29, 1.82) is 0 Å². The number of nitrogens with zero attached hydrogens (tertiary/aromatic N) is 2. The van der Waals surface area contributed by atoms with Crippen molar-refractivity contribution in [3.8, 4) is 11.3 Å². The van der Waals surface area contributed by atoms with Crippen LogP contribution >= 0.6 is 0 Å². The Bertz CT molecular complexity index is 804. The molecule has 3 rings (SSSR count). The Hall–Kier alpha value is -2.28. The number of carbonyl (C=O) groups excluding carboxylic acids is 1. The van der Waals surface area contributed by atoms with Gasteiger partial charge in [0, 0.05) is 30.4 Å². The summed E-state index contributed by atoms with van der Waals surface area (Å²) >= 11 is 0. The zero-order valence-corrected chi connectivity index (χ0v) is 15.3. The molecule has 0 spiro atoms. The second-order valence-electron chi connectivity index (χ2n) is 7.65. The van der Waals surface area contributed by atoms with Gasteiger partial charge < -0.3 is 10.6 Å². The molecule has 1 aliphatic heterocycles. The normalized spacial score (nSPS) is 18.0. The molecule has 1 aromatic heterocycles. The summed E-state index contributed by atoms with van der Waals surface area (Å²) in [4.78, 5) is 12.8. The summed E-state index contributed by atoms with van der Waals surface area (Å²) in [6, 6.07) is 3.32. The summed E-state index contributed by atoms with van der Waals surface area (Å²) in [5, 5.41) is 10.7. The average molecular weight is 362 g/mol. The molecule has 1 aromatic carbocycles. The average Bonchev–Trinajstić information content (AvgIpc) is 3.01. The van der Waals surface area contributed by atoms with E-state index >= 15 is 0 Å². The van der Waals surface area contributed by atoms with Gasteiger partial charge in [-0.25, -0.2) is 8.78 Å². The number of hydrogen-bond acceptors (Lipinski definition) is 3. The van der Waals surface area contributed by atoms with E-state index in [4.69, 9.17) is 0 Å². The van der Waals surface area contributed by atoms with Crippen molar-refractivity contribution in [2.45, 2.75) is 45.2 Å². The molecule has 1 atom stereocenters. The first-order valence-corrected chi connectivity index (χ1v) is 8.83. The summed E-state index contributed by atoms with van der Waals surface area (Å²) in [5.41, 5.74) is 0.243. The van der Waals surface area contributed by atoms with E-state index < -0.39 is 11.6 Å². The van der Waals surface area contributed by atoms with Crippen molar-refractivity contribution >= 4 is 5.91 Å². The molecule has 5 nitrogen and oxygen atoms in total. The largest absolute Gasteiger partial charge is 0.348 e. The van der Waals surface area contributed by atoms with Gasteiger partial charge in [-0.15, -0.1) is 0 Å². The van der Waals surface area contributed by atoms with Crippen LogP contribution in [-0.4, -0.2) is 34.8 Å². The minimum atomic E-state index is -0.738. The van der Waals surface area contributed by atoms with E-state index in [2.05, 4.69) is 15.7 Å². The van der Waals surface area contributed by atoms with Gasteiger partial charge in [-0.1, -0.05) is 0 Å². The van der Waals surface area contributed by atoms with Gasteiger partial charge in [-0.05, 0) is 52.3 Å². The van der Waals surface area contributed by atoms with E-state index in [9.17, 15) is 13.6 Å². The summed E-state index contributed by atoms with van der Waals surface area (Å²) in [5.74, 6) is -1.70. The first kappa shape index (κ1) is 18.5. The van der Waals surface area contributed by atoms with E-state index in [0.29, 0.717) is 6.54 Å². The Labute approximate surface area is 151 Å². The minimum absolute atomic E-state index is 0.0279. The minimum Gasteiger partial charge on any atom is -0.348 e. The third-order valence-corrected chi connectivity index (χ3v) is 4.46. The third-order valence-electron chi connectivity index (χ3n) is 4.46. The van der Waals surface area contributed by atoms with Crippen molar-refractivity contribution in [3.63, 3.8) is 0 Å². The van der Waals surface area contributed by atoms with Gasteiger partial charge in [0.15, 0.2) is 0 Å². The van der Waals surface area contributed by atoms with Gasteiger partial charge in [0.2, 0.25) is 0 Å². The summed E-state index contributed by atoms with van der Waals surface area (Å²) in [6.07, 6.45) is 3.52. The van der Waals surface area contributed by atoms with Crippen molar-refractivity contribution in [2.75, 3.05) is 13.1 Å². The number of hydrogen-bond donors (Lipinski definition) is 2. The molecule has 1 aliphatic rings. The molecule has 7 heteroatoms. The first-order valence-electron chi connectivity index (χ1n) is 8.83. The van der Waals surface area contributed by atoms with Gasteiger partial charge in [-0.3, -0.25) is 9.48 Å². The Morgan fingerprint density at radius 1 is 1.35 bits per heavy atom. The van der Waals surface area contributed by atoms with Crippen LogP contribution < -0.4 is 10.6 Å². The Morgan fingerprint density at radius 2 is 2.12 bits per heavy atom. The monoisotopic (exact) mass is 362 g/mol. The highest BCUT2D eigenvalue weighted by molar-refractivity contribution is 6.00. The number of rotatable bonds is 3. The van der Waals surface area contributed by atoms with Crippen LogP contribution in [0.5, 0.6) is 0 Å². The van der Waals surface area contributed by atoms with Crippen LogP contribution in [0.15, 0.2) is 24.4 Å². The van der Waals surface area contributed by atoms with Gasteiger partial charge in [0.25, 0.3) is 5.91 Å². The molecule has 0 saturated carbocycles. The van der Waals surface area contributed by atoms with Crippen LogP contribution in [0.4, 0.5) is 8.78 Å². The molecule has 140 valence electrons. The molecular formula is C19H24F2N4O. The molecule has 0 radical (unpaired) electrons. The smallest absolute Gasteiger partial charge is 0.255 e. The lowest BCUT2D eigenvalue weighted by atomic mass is 10.0. The van der Waals surface area contributed by atoms with Crippen LogP contribution in [0.25, 0.3) is 11.3 Å². The van der Waals surface area contributed by atoms with Crippen molar-refractivity contribution in [1.82, 2.24) is 20.4 Å². The first-order chi connectivity index (χ1) is 12.3. The molecule has 1 fully saturated rings. The summed E-state index contributed by atoms with van der Waals surface area (Å²) in [6.45, 7) is 7.48. The molecule has 1 saturated heterocycles. The number of amides is 1. The lowest BCUT2D eigenvalue weighted by Crippen LogP contribution is -2.45. The van der Waals surface area contributed by atoms with Crippen molar-refractivity contribution in [2.24, 2.45) is 0 Å². The second-order valence-corrected chi connectivity index (χ2v) is 7.65. The van der Waals surface area contributed by atoms with Crippen molar-refractivity contribution < 1.29 is 13.6 Å². The molecule has 0 bridgehead atoms. The maximum absolute atomic E-state index is 14.3. The van der Waals surface area contributed by atoms with Crippen LogP contribution in [0.3, 0.4) is 0 Å². The number of halogens is 2. The molecule has 0 aliphatic carbocycles.